The second-order valence-electron chi connectivity index (χ2n) is 4.62. The van der Waals surface area contributed by atoms with Gasteiger partial charge in [0.2, 0.25) is 0 Å². The molecule has 1 aliphatic rings. The lowest BCUT2D eigenvalue weighted by molar-refractivity contribution is 0.0574. The van der Waals surface area contributed by atoms with E-state index in [0.717, 1.165) is 37.0 Å². The summed E-state index contributed by atoms with van der Waals surface area (Å²) in [5.41, 5.74) is 1.81. The Bertz CT molecular complexity index is 426. The molecule has 0 spiro atoms. The fourth-order valence-electron chi connectivity index (χ4n) is 2.37. The third-order valence-corrected chi connectivity index (χ3v) is 3.33. The molecule has 0 radical (unpaired) electrons. The van der Waals surface area contributed by atoms with Crippen LogP contribution in [0.2, 0.25) is 0 Å². The molecule has 18 heavy (non-hydrogen) atoms. The number of hydrogen-bond donors (Lipinski definition) is 0. The number of ether oxygens (including phenoxy) is 2. The highest BCUT2D eigenvalue weighted by Gasteiger charge is 2.24. The Hall–Kier alpha value is -1.35. The SMILES string of the molecule is CCCC(OC)C(=O)c1cccc2c1OCCC2. The average molecular weight is 248 g/mol. The van der Waals surface area contributed by atoms with E-state index in [4.69, 9.17) is 9.47 Å². The molecule has 0 amide bonds. The summed E-state index contributed by atoms with van der Waals surface area (Å²) >= 11 is 0. The Morgan fingerprint density at radius 3 is 3.06 bits per heavy atom. The summed E-state index contributed by atoms with van der Waals surface area (Å²) in [6.45, 7) is 2.75. The van der Waals surface area contributed by atoms with Gasteiger partial charge < -0.3 is 9.47 Å². The molecule has 1 aromatic carbocycles. The summed E-state index contributed by atoms with van der Waals surface area (Å²) in [7, 11) is 1.59. The number of carbonyl (C=O) groups excluding carboxylic acids is 1. The molecule has 1 unspecified atom stereocenters. The number of rotatable bonds is 5. The van der Waals surface area contributed by atoms with Crippen molar-refractivity contribution in [3.05, 3.63) is 29.3 Å². The van der Waals surface area contributed by atoms with Gasteiger partial charge in [-0.1, -0.05) is 25.5 Å². The van der Waals surface area contributed by atoms with Crippen LogP contribution in [0.25, 0.3) is 0 Å². The van der Waals surface area contributed by atoms with Gasteiger partial charge >= 0.3 is 0 Å². The highest BCUT2D eigenvalue weighted by molar-refractivity contribution is 6.02. The Balaban J connectivity index is 2.29. The molecule has 1 atom stereocenters. The highest BCUT2D eigenvalue weighted by atomic mass is 16.5. The Morgan fingerprint density at radius 2 is 2.33 bits per heavy atom. The van der Waals surface area contributed by atoms with Crippen molar-refractivity contribution in [1.82, 2.24) is 0 Å². The number of aryl methyl sites for hydroxylation is 1. The van der Waals surface area contributed by atoms with Gasteiger partial charge in [-0.3, -0.25) is 4.79 Å². The lowest BCUT2D eigenvalue weighted by atomic mass is 9.96. The van der Waals surface area contributed by atoms with Crippen molar-refractivity contribution in [3.63, 3.8) is 0 Å². The van der Waals surface area contributed by atoms with Crippen molar-refractivity contribution < 1.29 is 14.3 Å². The van der Waals surface area contributed by atoms with Crippen LogP contribution in [-0.4, -0.2) is 25.6 Å². The van der Waals surface area contributed by atoms with Crippen molar-refractivity contribution in [2.75, 3.05) is 13.7 Å². The fraction of sp³-hybridized carbons (Fsp3) is 0.533. The molecule has 1 heterocycles. The number of methoxy groups -OCH3 is 1. The number of benzene rings is 1. The van der Waals surface area contributed by atoms with Crippen LogP contribution in [0.5, 0.6) is 5.75 Å². The predicted octanol–water partition coefficient (Wildman–Crippen LogP) is 3.01. The zero-order valence-electron chi connectivity index (χ0n) is 11.1. The first-order valence-corrected chi connectivity index (χ1v) is 6.59. The van der Waals surface area contributed by atoms with Crippen LogP contribution in [0.4, 0.5) is 0 Å². The second kappa shape index (κ2) is 6.01. The molecule has 0 aromatic heterocycles. The van der Waals surface area contributed by atoms with Crippen LogP contribution in [0.3, 0.4) is 0 Å². The molecule has 1 aromatic rings. The zero-order chi connectivity index (χ0) is 13.0. The molecule has 0 fully saturated rings. The first kappa shape index (κ1) is 13.1. The van der Waals surface area contributed by atoms with Crippen LogP contribution in [0, 0.1) is 0 Å². The van der Waals surface area contributed by atoms with E-state index >= 15 is 0 Å². The van der Waals surface area contributed by atoms with E-state index in [9.17, 15) is 4.79 Å². The van der Waals surface area contributed by atoms with Gasteiger partial charge in [0.05, 0.1) is 12.2 Å². The van der Waals surface area contributed by atoms with Gasteiger partial charge in [-0.05, 0) is 30.9 Å². The Labute approximate surface area is 108 Å². The first-order valence-electron chi connectivity index (χ1n) is 6.59. The minimum absolute atomic E-state index is 0.0399. The summed E-state index contributed by atoms with van der Waals surface area (Å²) < 4.78 is 11.0. The first-order chi connectivity index (χ1) is 8.77. The van der Waals surface area contributed by atoms with Crippen molar-refractivity contribution in [2.24, 2.45) is 0 Å². The molecular formula is C15H20O3. The van der Waals surface area contributed by atoms with Gasteiger partial charge in [-0.2, -0.15) is 0 Å². The molecule has 0 N–H and O–H groups in total. The van der Waals surface area contributed by atoms with E-state index in [2.05, 4.69) is 6.92 Å². The minimum Gasteiger partial charge on any atom is -0.493 e. The van der Waals surface area contributed by atoms with E-state index in [-0.39, 0.29) is 11.9 Å². The number of hydrogen-bond acceptors (Lipinski definition) is 3. The van der Waals surface area contributed by atoms with E-state index in [1.54, 1.807) is 7.11 Å². The van der Waals surface area contributed by atoms with Gasteiger partial charge in [0.15, 0.2) is 5.78 Å². The normalized spacial score (nSPS) is 15.7. The molecule has 0 bridgehead atoms. The number of ketones is 1. The van der Waals surface area contributed by atoms with Crippen LogP contribution < -0.4 is 4.74 Å². The van der Waals surface area contributed by atoms with Gasteiger partial charge in [0, 0.05) is 7.11 Å². The summed E-state index contributed by atoms with van der Waals surface area (Å²) in [6, 6.07) is 5.81. The Kier molecular flexibility index (Phi) is 4.37. The van der Waals surface area contributed by atoms with E-state index < -0.39 is 0 Å². The van der Waals surface area contributed by atoms with Crippen molar-refractivity contribution in [2.45, 2.75) is 38.7 Å². The third kappa shape index (κ3) is 2.56. The maximum Gasteiger partial charge on any atom is 0.195 e. The van der Waals surface area contributed by atoms with Gasteiger partial charge in [0.1, 0.15) is 11.9 Å². The second-order valence-corrected chi connectivity index (χ2v) is 4.62. The molecule has 0 aliphatic carbocycles. The molecule has 1 aliphatic heterocycles. The van der Waals surface area contributed by atoms with Gasteiger partial charge in [-0.25, -0.2) is 0 Å². The monoisotopic (exact) mass is 248 g/mol. The average Bonchev–Trinajstić information content (AvgIpc) is 2.43. The van der Waals surface area contributed by atoms with Gasteiger partial charge in [-0.15, -0.1) is 0 Å². The molecule has 0 saturated carbocycles. The van der Waals surface area contributed by atoms with Crippen molar-refractivity contribution >= 4 is 5.78 Å². The number of Topliss-reactive ketones (excluding diaryl/α,β-unsaturated/α-hetero) is 1. The van der Waals surface area contributed by atoms with Gasteiger partial charge in [0.25, 0.3) is 0 Å². The van der Waals surface area contributed by atoms with E-state index in [0.29, 0.717) is 12.2 Å². The highest BCUT2D eigenvalue weighted by Crippen LogP contribution is 2.30. The smallest absolute Gasteiger partial charge is 0.195 e. The molecule has 3 nitrogen and oxygen atoms in total. The number of carbonyl (C=O) groups is 1. The lowest BCUT2D eigenvalue weighted by Crippen LogP contribution is -2.24. The molecule has 2 rings (SSSR count). The van der Waals surface area contributed by atoms with Crippen LogP contribution in [0.15, 0.2) is 18.2 Å². The maximum absolute atomic E-state index is 12.4. The Morgan fingerprint density at radius 1 is 1.50 bits per heavy atom. The maximum atomic E-state index is 12.4. The van der Waals surface area contributed by atoms with Crippen LogP contribution in [0.1, 0.15) is 42.1 Å². The third-order valence-electron chi connectivity index (χ3n) is 3.33. The topological polar surface area (TPSA) is 35.5 Å². The summed E-state index contributed by atoms with van der Waals surface area (Å²) in [5.74, 6) is 0.810. The quantitative estimate of drug-likeness (QED) is 0.751. The summed E-state index contributed by atoms with van der Waals surface area (Å²) in [5, 5.41) is 0. The van der Waals surface area contributed by atoms with Crippen molar-refractivity contribution in [1.29, 1.82) is 0 Å². The van der Waals surface area contributed by atoms with Crippen molar-refractivity contribution in [3.8, 4) is 5.75 Å². The zero-order valence-corrected chi connectivity index (χ0v) is 11.1. The number of fused-ring (bicyclic) bond motifs is 1. The fourth-order valence-corrected chi connectivity index (χ4v) is 2.37. The van der Waals surface area contributed by atoms with Crippen LogP contribution in [-0.2, 0) is 11.2 Å². The lowest BCUT2D eigenvalue weighted by Gasteiger charge is -2.21. The number of para-hydroxylation sites is 1. The molecular weight excluding hydrogens is 228 g/mol. The molecule has 3 heteroatoms. The standard InChI is InChI=1S/C15H20O3/c1-3-6-13(17-2)14(16)12-9-4-7-11-8-5-10-18-15(11)12/h4,7,9,13H,3,5-6,8,10H2,1-2H3. The molecule has 0 saturated heterocycles. The minimum atomic E-state index is -0.355. The van der Waals surface area contributed by atoms with Crippen LogP contribution >= 0.6 is 0 Å². The summed E-state index contributed by atoms with van der Waals surface area (Å²) in [4.78, 5) is 12.4. The predicted molar refractivity (Wildman–Crippen MR) is 70.3 cm³/mol. The molecule has 98 valence electrons. The van der Waals surface area contributed by atoms with E-state index in [1.165, 1.54) is 0 Å². The van der Waals surface area contributed by atoms with E-state index in [1.807, 2.05) is 18.2 Å². The summed E-state index contributed by atoms with van der Waals surface area (Å²) in [6.07, 6.45) is 3.33. The largest absolute Gasteiger partial charge is 0.493 e.